The van der Waals surface area contributed by atoms with Gasteiger partial charge in [-0.25, -0.2) is 0 Å². The second-order valence-corrected chi connectivity index (χ2v) is 5.83. The molecular formula is C16H19Cl2NO. The molecule has 1 unspecified atom stereocenters. The molecule has 0 amide bonds. The molecule has 108 valence electrons. The van der Waals surface area contributed by atoms with Crippen molar-refractivity contribution >= 4 is 23.2 Å². The molecule has 0 spiro atoms. The van der Waals surface area contributed by atoms with Gasteiger partial charge in [-0.3, -0.25) is 0 Å². The number of benzene rings is 1. The standard InChI is InChI=1S/C16H19Cl2NO/c1-4-5-19-16(15-6-10(2)20-11(15)3)12-7-13(17)9-14(18)8-12/h6-9,16,19H,4-5H2,1-3H3. The van der Waals surface area contributed by atoms with Crippen LogP contribution >= 0.6 is 23.2 Å². The van der Waals surface area contributed by atoms with E-state index in [-0.39, 0.29) is 6.04 Å². The summed E-state index contributed by atoms with van der Waals surface area (Å²) in [5.74, 6) is 1.83. The fraction of sp³-hybridized carbons (Fsp3) is 0.375. The van der Waals surface area contributed by atoms with Crippen LogP contribution in [0.1, 0.15) is 42.0 Å². The van der Waals surface area contributed by atoms with Gasteiger partial charge < -0.3 is 9.73 Å². The van der Waals surface area contributed by atoms with Crippen LogP contribution in [0.3, 0.4) is 0 Å². The number of rotatable bonds is 5. The molecule has 0 bridgehead atoms. The molecule has 1 aromatic carbocycles. The Morgan fingerprint density at radius 2 is 1.75 bits per heavy atom. The first-order valence-corrected chi connectivity index (χ1v) is 7.53. The number of hydrogen-bond donors (Lipinski definition) is 1. The van der Waals surface area contributed by atoms with Crippen molar-refractivity contribution in [2.75, 3.05) is 6.54 Å². The van der Waals surface area contributed by atoms with Gasteiger partial charge in [0.15, 0.2) is 0 Å². The van der Waals surface area contributed by atoms with Gasteiger partial charge in [-0.05, 0) is 56.6 Å². The van der Waals surface area contributed by atoms with Crippen molar-refractivity contribution in [1.29, 1.82) is 0 Å². The predicted octanol–water partition coefficient (Wildman–Crippen LogP) is 5.29. The van der Waals surface area contributed by atoms with E-state index in [2.05, 4.69) is 18.3 Å². The van der Waals surface area contributed by atoms with Gasteiger partial charge in [-0.1, -0.05) is 30.1 Å². The summed E-state index contributed by atoms with van der Waals surface area (Å²) in [6.07, 6.45) is 1.06. The summed E-state index contributed by atoms with van der Waals surface area (Å²) in [6, 6.07) is 7.75. The molecule has 0 aliphatic carbocycles. The molecule has 1 heterocycles. The normalized spacial score (nSPS) is 12.7. The molecule has 0 saturated carbocycles. The van der Waals surface area contributed by atoms with E-state index in [1.165, 1.54) is 0 Å². The molecule has 1 N–H and O–H groups in total. The van der Waals surface area contributed by atoms with Gasteiger partial charge in [0.2, 0.25) is 0 Å². The van der Waals surface area contributed by atoms with E-state index in [0.29, 0.717) is 10.0 Å². The van der Waals surface area contributed by atoms with Crippen LogP contribution < -0.4 is 5.32 Å². The molecule has 4 heteroatoms. The Morgan fingerprint density at radius 1 is 1.10 bits per heavy atom. The Labute approximate surface area is 130 Å². The van der Waals surface area contributed by atoms with Gasteiger partial charge in [-0.2, -0.15) is 0 Å². The molecular weight excluding hydrogens is 293 g/mol. The molecule has 0 radical (unpaired) electrons. The number of halogens is 2. The van der Waals surface area contributed by atoms with Crippen LogP contribution in [0.2, 0.25) is 10.0 Å². The molecule has 2 rings (SSSR count). The second-order valence-electron chi connectivity index (χ2n) is 4.96. The average Bonchev–Trinajstić information content (AvgIpc) is 2.68. The first-order chi connectivity index (χ1) is 9.51. The van der Waals surface area contributed by atoms with Crippen LogP contribution in [0.15, 0.2) is 28.7 Å². The Kier molecular flexibility index (Phi) is 5.14. The maximum absolute atomic E-state index is 6.13. The minimum absolute atomic E-state index is 0.0450. The highest BCUT2D eigenvalue weighted by atomic mass is 35.5. The molecule has 2 nitrogen and oxygen atoms in total. The third kappa shape index (κ3) is 3.57. The van der Waals surface area contributed by atoms with Crippen molar-refractivity contribution in [3.8, 4) is 0 Å². The Morgan fingerprint density at radius 3 is 2.25 bits per heavy atom. The van der Waals surface area contributed by atoms with Crippen molar-refractivity contribution in [2.45, 2.75) is 33.2 Å². The number of aryl methyl sites for hydroxylation is 2. The smallest absolute Gasteiger partial charge is 0.106 e. The summed E-state index contributed by atoms with van der Waals surface area (Å²) in [6.45, 7) is 6.99. The lowest BCUT2D eigenvalue weighted by Crippen LogP contribution is -2.23. The Bertz CT molecular complexity index is 572. The van der Waals surface area contributed by atoms with Crippen molar-refractivity contribution < 1.29 is 4.42 Å². The SMILES string of the molecule is CCCNC(c1cc(Cl)cc(Cl)c1)c1cc(C)oc1C. The number of nitrogens with one attached hydrogen (secondary N) is 1. The van der Waals surface area contributed by atoms with Crippen LogP contribution in [0.4, 0.5) is 0 Å². The van der Waals surface area contributed by atoms with Gasteiger partial charge >= 0.3 is 0 Å². The predicted molar refractivity (Wildman–Crippen MR) is 84.8 cm³/mol. The monoisotopic (exact) mass is 311 g/mol. The lowest BCUT2D eigenvalue weighted by Gasteiger charge is -2.19. The second kappa shape index (κ2) is 6.66. The molecule has 0 aliphatic rings. The molecule has 2 aromatic rings. The summed E-state index contributed by atoms with van der Waals surface area (Å²) in [5, 5.41) is 4.83. The Hall–Kier alpha value is -0.960. The highest BCUT2D eigenvalue weighted by Gasteiger charge is 2.19. The van der Waals surface area contributed by atoms with Crippen LogP contribution in [-0.4, -0.2) is 6.54 Å². The maximum atomic E-state index is 6.13. The van der Waals surface area contributed by atoms with Gasteiger partial charge in [0.25, 0.3) is 0 Å². The average molecular weight is 312 g/mol. The fourth-order valence-electron chi connectivity index (χ4n) is 2.37. The Balaban J connectivity index is 2.43. The van der Waals surface area contributed by atoms with Crippen LogP contribution in [0.5, 0.6) is 0 Å². The zero-order chi connectivity index (χ0) is 14.7. The minimum Gasteiger partial charge on any atom is -0.466 e. The minimum atomic E-state index is 0.0450. The summed E-state index contributed by atoms with van der Waals surface area (Å²) in [5.41, 5.74) is 2.19. The van der Waals surface area contributed by atoms with Crippen molar-refractivity contribution in [3.63, 3.8) is 0 Å². The van der Waals surface area contributed by atoms with E-state index in [1.807, 2.05) is 26.0 Å². The van der Waals surface area contributed by atoms with Crippen LogP contribution in [-0.2, 0) is 0 Å². The molecule has 20 heavy (non-hydrogen) atoms. The number of hydrogen-bond acceptors (Lipinski definition) is 2. The van der Waals surface area contributed by atoms with E-state index in [4.69, 9.17) is 27.6 Å². The van der Waals surface area contributed by atoms with E-state index in [1.54, 1.807) is 6.07 Å². The zero-order valence-corrected chi connectivity index (χ0v) is 13.5. The maximum Gasteiger partial charge on any atom is 0.106 e. The molecule has 0 fully saturated rings. The van der Waals surface area contributed by atoms with Gasteiger partial charge in [0.1, 0.15) is 11.5 Å². The van der Waals surface area contributed by atoms with Crippen LogP contribution in [0.25, 0.3) is 0 Å². The molecule has 0 saturated heterocycles. The van der Waals surface area contributed by atoms with Crippen molar-refractivity contribution in [1.82, 2.24) is 5.32 Å². The van der Waals surface area contributed by atoms with E-state index < -0.39 is 0 Å². The third-order valence-corrected chi connectivity index (χ3v) is 3.64. The van der Waals surface area contributed by atoms with Gasteiger partial charge in [0, 0.05) is 15.6 Å². The first kappa shape index (κ1) is 15.4. The lowest BCUT2D eigenvalue weighted by atomic mass is 9.98. The molecule has 0 aliphatic heterocycles. The van der Waals surface area contributed by atoms with Gasteiger partial charge in [0.05, 0.1) is 6.04 Å². The third-order valence-electron chi connectivity index (χ3n) is 3.21. The summed E-state index contributed by atoms with van der Waals surface area (Å²) in [4.78, 5) is 0. The summed E-state index contributed by atoms with van der Waals surface area (Å²) in [7, 11) is 0. The fourth-order valence-corrected chi connectivity index (χ4v) is 2.92. The van der Waals surface area contributed by atoms with Gasteiger partial charge in [-0.15, -0.1) is 0 Å². The van der Waals surface area contributed by atoms with Crippen molar-refractivity contribution in [3.05, 3.63) is 57.0 Å². The lowest BCUT2D eigenvalue weighted by molar-refractivity contribution is 0.493. The molecule has 1 aromatic heterocycles. The molecule has 1 atom stereocenters. The zero-order valence-electron chi connectivity index (χ0n) is 12.0. The highest BCUT2D eigenvalue weighted by molar-refractivity contribution is 6.34. The van der Waals surface area contributed by atoms with E-state index >= 15 is 0 Å². The number of furan rings is 1. The summed E-state index contributed by atoms with van der Waals surface area (Å²) < 4.78 is 5.65. The van der Waals surface area contributed by atoms with Crippen molar-refractivity contribution in [2.24, 2.45) is 0 Å². The highest BCUT2D eigenvalue weighted by Crippen LogP contribution is 2.31. The summed E-state index contributed by atoms with van der Waals surface area (Å²) >= 11 is 12.3. The van der Waals surface area contributed by atoms with E-state index in [0.717, 1.165) is 35.6 Å². The topological polar surface area (TPSA) is 25.2 Å². The quantitative estimate of drug-likeness (QED) is 0.811. The first-order valence-electron chi connectivity index (χ1n) is 6.77. The van der Waals surface area contributed by atoms with E-state index in [9.17, 15) is 0 Å². The largest absolute Gasteiger partial charge is 0.466 e. The van der Waals surface area contributed by atoms with Crippen LogP contribution in [0, 0.1) is 13.8 Å².